The van der Waals surface area contributed by atoms with Gasteiger partial charge in [-0.2, -0.15) is 26.3 Å². The Hall–Kier alpha value is -4.82. The highest BCUT2D eigenvalue weighted by Crippen LogP contribution is 2.40. The van der Waals surface area contributed by atoms with E-state index in [0.29, 0.717) is 7.05 Å². The molecule has 0 saturated heterocycles. The highest BCUT2D eigenvalue weighted by atomic mass is 19.4. The van der Waals surface area contributed by atoms with Gasteiger partial charge in [0.15, 0.2) is 0 Å². The minimum Gasteiger partial charge on any atom is -0.480 e. The molecule has 0 aliphatic heterocycles. The van der Waals surface area contributed by atoms with Gasteiger partial charge in [0.2, 0.25) is 0 Å². The van der Waals surface area contributed by atoms with Gasteiger partial charge in [0.25, 0.3) is 11.5 Å². The summed E-state index contributed by atoms with van der Waals surface area (Å²) in [6.07, 6.45) is -10.3. The second-order valence-corrected chi connectivity index (χ2v) is 9.01. The van der Waals surface area contributed by atoms with Crippen LogP contribution >= 0.6 is 0 Å². The van der Waals surface area contributed by atoms with E-state index in [4.69, 9.17) is 0 Å². The van der Waals surface area contributed by atoms with Crippen LogP contribution in [-0.4, -0.2) is 32.6 Å². The van der Waals surface area contributed by atoms with Gasteiger partial charge in [0, 0.05) is 25.1 Å². The van der Waals surface area contributed by atoms with Crippen LogP contribution in [0.25, 0.3) is 22.0 Å². The van der Waals surface area contributed by atoms with Gasteiger partial charge in [-0.25, -0.2) is 13.6 Å². The third-order valence-electron chi connectivity index (χ3n) is 6.38. The Morgan fingerprint density at radius 3 is 2.14 bits per heavy atom. The molecule has 220 valence electrons. The van der Waals surface area contributed by atoms with Gasteiger partial charge in [0.05, 0.1) is 16.8 Å². The van der Waals surface area contributed by atoms with Crippen LogP contribution in [-0.2, 0) is 30.6 Å². The molecule has 4 rings (SSSR count). The van der Waals surface area contributed by atoms with Gasteiger partial charge in [-0.15, -0.1) is 0 Å². The molecule has 0 saturated carbocycles. The van der Waals surface area contributed by atoms with Crippen LogP contribution < -0.4 is 10.9 Å². The molecule has 2 aromatic carbocycles. The lowest BCUT2D eigenvalue weighted by atomic mass is 9.95. The summed E-state index contributed by atoms with van der Waals surface area (Å²) in [4.78, 5) is 41.2. The minimum absolute atomic E-state index is 0.0206. The number of aliphatic carboxylic acids is 1. The topological polar surface area (TPSA) is 101 Å². The average molecular weight is 599 g/mol. The Kier molecular flexibility index (Phi) is 7.80. The number of halogens is 8. The van der Waals surface area contributed by atoms with Crippen LogP contribution in [0, 0.1) is 11.6 Å². The van der Waals surface area contributed by atoms with E-state index in [1.165, 1.54) is 24.3 Å². The van der Waals surface area contributed by atoms with Gasteiger partial charge in [-0.3, -0.25) is 14.6 Å². The van der Waals surface area contributed by atoms with Crippen molar-refractivity contribution in [1.29, 1.82) is 0 Å². The van der Waals surface area contributed by atoms with Crippen LogP contribution in [0.3, 0.4) is 0 Å². The van der Waals surface area contributed by atoms with Gasteiger partial charge in [0.1, 0.15) is 28.9 Å². The molecule has 1 atom stereocenters. The highest BCUT2D eigenvalue weighted by molar-refractivity contribution is 5.99. The number of aromatic nitrogens is 2. The summed E-state index contributed by atoms with van der Waals surface area (Å²) in [6.45, 7) is 0. The number of carbonyl (C=O) groups excluding carboxylic acids is 1. The maximum absolute atomic E-state index is 14.0. The quantitative estimate of drug-likeness (QED) is 0.292. The Labute approximate surface area is 230 Å². The van der Waals surface area contributed by atoms with Crippen molar-refractivity contribution in [1.82, 2.24) is 14.9 Å². The van der Waals surface area contributed by atoms with Crippen LogP contribution in [0.2, 0.25) is 0 Å². The number of pyridine rings is 2. The van der Waals surface area contributed by atoms with E-state index in [1.54, 1.807) is 0 Å². The number of nitrogens with zero attached hydrogens (tertiary/aromatic N) is 2. The highest BCUT2D eigenvalue weighted by Gasteiger charge is 2.42. The largest absolute Gasteiger partial charge is 0.480 e. The van der Waals surface area contributed by atoms with Gasteiger partial charge < -0.3 is 15.0 Å². The van der Waals surface area contributed by atoms with E-state index in [1.807, 2.05) is 5.32 Å². The van der Waals surface area contributed by atoms with E-state index in [-0.39, 0.29) is 27.0 Å². The third kappa shape index (κ3) is 5.66. The summed E-state index contributed by atoms with van der Waals surface area (Å²) in [6, 6.07) is 5.67. The van der Waals surface area contributed by atoms with Crippen LogP contribution in [0.5, 0.6) is 0 Å². The maximum atomic E-state index is 14.0. The van der Waals surface area contributed by atoms with Crippen molar-refractivity contribution >= 4 is 22.6 Å². The molecule has 2 N–H and O–H groups in total. The number of carboxylic acids is 1. The molecule has 0 aliphatic rings. The van der Waals surface area contributed by atoms with Crippen LogP contribution in [0.15, 0.2) is 59.5 Å². The number of hydrogen-bond donors (Lipinski definition) is 2. The molecule has 0 aliphatic carbocycles. The molecule has 2 heterocycles. The molecular weight excluding hydrogens is 582 g/mol. The molecule has 0 spiro atoms. The number of hydrogen-bond acceptors (Lipinski definition) is 4. The number of rotatable bonds is 6. The van der Waals surface area contributed by atoms with Crippen LogP contribution in [0.4, 0.5) is 35.1 Å². The number of fused-ring (bicyclic) bond motifs is 1. The van der Waals surface area contributed by atoms with Gasteiger partial charge >= 0.3 is 18.3 Å². The summed E-state index contributed by atoms with van der Waals surface area (Å²) in [5.41, 5.74) is -8.09. The smallest absolute Gasteiger partial charge is 0.431 e. The van der Waals surface area contributed by atoms with Gasteiger partial charge in [-0.1, -0.05) is 24.3 Å². The monoisotopic (exact) mass is 599 g/mol. The van der Waals surface area contributed by atoms with Crippen molar-refractivity contribution < 1.29 is 49.8 Å². The van der Waals surface area contributed by atoms with Crippen LogP contribution in [0.1, 0.15) is 27.2 Å². The van der Waals surface area contributed by atoms with Gasteiger partial charge in [-0.05, 0) is 35.2 Å². The first-order valence-electron chi connectivity index (χ1n) is 11.8. The fourth-order valence-corrected chi connectivity index (χ4v) is 4.44. The predicted molar refractivity (Wildman–Crippen MR) is 131 cm³/mol. The normalized spacial score (nSPS) is 12.8. The molecule has 15 heteroatoms. The molecule has 0 unspecified atom stereocenters. The summed E-state index contributed by atoms with van der Waals surface area (Å²) >= 11 is 0. The Balaban J connectivity index is 1.85. The Bertz CT molecular complexity index is 1760. The first kappa shape index (κ1) is 30.1. The second kappa shape index (κ2) is 10.9. The van der Waals surface area contributed by atoms with E-state index in [0.717, 1.165) is 24.4 Å². The molecule has 4 aromatic rings. The second-order valence-electron chi connectivity index (χ2n) is 9.01. The lowest BCUT2D eigenvalue weighted by Gasteiger charge is -2.20. The fraction of sp³-hybridized carbons (Fsp3) is 0.185. The number of carboxylic acid groups (broad SMARTS) is 1. The lowest BCUT2D eigenvalue weighted by molar-refractivity contribution is -0.147. The fourth-order valence-electron chi connectivity index (χ4n) is 4.44. The van der Waals surface area contributed by atoms with E-state index in [2.05, 4.69) is 4.98 Å². The Morgan fingerprint density at radius 2 is 1.57 bits per heavy atom. The predicted octanol–water partition coefficient (Wildman–Crippen LogP) is 5.34. The minimum atomic E-state index is -5.40. The standard InChI is InChI=1S/C27H17F8N3O4/c1-38-19(27(33,34)35)11-15(26(30,31)32)20(24(38)40)22-14-5-2-4-12(13(14)8-9-36-22)10-18(25(41)42)37-23(39)21-16(28)6-3-7-17(21)29/h2-9,11,18H,10H2,1H3,(H,37,39)(H,41,42)/t18-/m0/s1. The summed E-state index contributed by atoms with van der Waals surface area (Å²) in [5.74, 6) is -5.52. The SMILES string of the molecule is Cn1c(C(F)(F)F)cc(C(F)(F)F)c(-c2nccc3c(C[C@H](NC(=O)c4c(F)cccc4F)C(=O)O)cccc23)c1=O. The lowest BCUT2D eigenvalue weighted by Crippen LogP contribution is -2.43. The number of carbonyl (C=O) groups is 2. The average Bonchev–Trinajstić information content (AvgIpc) is 2.88. The van der Waals surface area contributed by atoms with Crippen molar-refractivity contribution in [2.75, 3.05) is 0 Å². The summed E-state index contributed by atoms with van der Waals surface area (Å²) < 4.78 is 110. The molecule has 42 heavy (non-hydrogen) atoms. The van der Waals surface area contributed by atoms with Crippen molar-refractivity contribution in [2.24, 2.45) is 7.05 Å². The maximum Gasteiger partial charge on any atom is 0.431 e. The zero-order valence-electron chi connectivity index (χ0n) is 21.1. The zero-order valence-corrected chi connectivity index (χ0v) is 21.1. The van der Waals surface area contributed by atoms with E-state index in [9.17, 15) is 54.6 Å². The molecule has 0 fully saturated rings. The van der Waals surface area contributed by atoms with Crippen molar-refractivity contribution in [3.05, 3.63) is 99.1 Å². The van der Waals surface area contributed by atoms with Crippen molar-refractivity contribution in [3.63, 3.8) is 0 Å². The third-order valence-corrected chi connectivity index (χ3v) is 6.38. The first-order valence-corrected chi connectivity index (χ1v) is 11.8. The molecule has 2 aromatic heterocycles. The number of nitrogens with one attached hydrogen (secondary N) is 1. The number of alkyl halides is 6. The number of benzene rings is 2. The van der Waals surface area contributed by atoms with E-state index >= 15 is 0 Å². The van der Waals surface area contributed by atoms with E-state index < -0.39 is 82.0 Å². The first-order chi connectivity index (χ1) is 19.5. The molecule has 1 amide bonds. The Morgan fingerprint density at radius 1 is 0.952 bits per heavy atom. The molecule has 0 bridgehead atoms. The zero-order chi connectivity index (χ0) is 31.1. The summed E-state index contributed by atoms with van der Waals surface area (Å²) in [7, 11) is 0.657. The molecule has 7 nitrogen and oxygen atoms in total. The summed E-state index contributed by atoms with van der Waals surface area (Å²) in [5, 5.41) is 11.6. The van der Waals surface area contributed by atoms with Crippen molar-refractivity contribution in [2.45, 2.75) is 24.8 Å². The van der Waals surface area contributed by atoms with Crippen molar-refractivity contribution in [3.8, 4) is 11.3 Å². The molecular formula is C27H17F8N3O4. The number of amides is 1. The molecule has 0 radical (unpaired) electrons.